The number of sulfonamides is 1. The van der Waals surface area contributed by atoms with Crippen LogP contribution in [0.15, 0.2) is 48.7 Å². The van der Waals surface area contributed by atoms with E-state index < -0.39 is 10.0 Å². The van der Waals surface area contributed by atoms with Gasteiger partial charge >= 0.3 is 6.03 Å². The summed E-state index contributed by atoms with van der Waals surface area (Å²) >= 11 is 0. The van der Waals surface area contributed by atoms with E-state index in [9.17, 15) is 13.2 Å². The van der Waals surface area contributed by atoms with E-state index in [0.717, 1.165) is 47.0 Å². The highest BCUT2D eigenvalue weighted by molar-refractivity contribution is 7.92. The molecule has 9 heteroatoms. The molecule has 3 aromatic rings. The number of anilines is 2. The molecule has 0 spiro atoms. The molecule has 1 aliphatic carbocycles. The topological polar surface area (TPSA) is 113 Å². The van der Waals surface area contributed by atoms with E-state index in [-0.39, 0.29) is 23.8 Å². The zero-order valence-corrected chi connectivity index (χ0v) is 23.0. The first-order chi connectivity index (χ1) is 17.3. The Bertz CT molecular complexity index is 1430. The van der Waals surface area contributed by atoms with Crippen LogP contribution in [0.25, 0.3) is 22.4 Å². The predicted octanol–water partition coefficient (Wildman–Crippen LogP) is 5.92. The van der Waals surface area contributed by atoms with Gasteiger partial charge in [0.05, 0.1) is 11.9 Å². The van der Waals surface area contributed by atoms with Crippen molar-refractivity contribution in [3.05, 3.63) is 59.9 Å². The molecule has 4 rings (SSSR count). The Labute approximate surface area is 219 Å². The molecule has 0 saturated heterocycles. The summed E-state index contributed by atoms with van der Waals surface area (Å²) in [4.78, 5) is 21.5. The minimum absolute atomic E-state index is 0.174. The van der Waals surface area contributed by atoms with E-state index in [1.54, 1.807) is 18.3 Å². The lowest BCUT2D eigenvalue weighted by Crippen LogP contribution is -2.49. The van der Waals surface area contributed by atoms with Crippen molar-refractivity contribution in [2.75, 3.05) is 16.3 Å². The van der Waals surface area contributed by atoms with Crippen LogP contribution in [-0.2, 0) is 10.0 Å². The van der Waals surface area contributed by atoms with Crippen molar-refractivity contribution in [1.29, 1.82) is 0 Å². The van der Waals surface area contributed by atoms with Crippen LogP contribution in [0.4, 0.5) is 16.3 Å². The summed E-state index contributed by atoms with van der Waals surface area (Å²) in [6, 6.07) is 13.4. The van der Waals surface area contributed by atoms with Gasteiger partial charge in [-0.1, -0.05) is 33.8 Å². The number of pyridine rings is 2. The van der Waals surface area contributed by atoms with Crippen LogP contribution in [0.5, 0.6) is 0 Å². The molecule has 0 bridgehead atoms. The summed E-state index contributed by atoms with van der Waals surface area (Å²) in [5.41, 5.74) is 6.38. The van der Waals surface area contributed by atoms with Crippen molar-refractivity contribution in [2.24, 2.45) is 5.41 Å². The maximum Gasteiger partial charge on any atom is 0.319 e. The fourth-order valence-corrected chi connectivity index (χ4v) is 5.22. The van der Waals surface area contributed by atoms with E-state index in [1.807, 2.05) is 31.2 Å². The van der Waals surface area contributed by atoms with Gasteiger partial charge < -0.3 is 10.6 Å². The number of hydrogen-bond donors (Lipinski definition) is 3. The molecule has 3 N–H and O–H groups in total. The first-order valence-electron chi connectivity index (χ1n) is 12.4. The van der Waals surface area contributed by atoms with Crippen LogP contribution < -0.4 is 15.4 Å². The molecule has 2 heterocycles. The van der Waals surface area contributed by atoms with E-state index in [2.05, 4.69) is 54.1 Å². The van der Waals surface area contributed by atoms with Crippen LogP contribution in [0.1, 0.15) is 57.7 Å². The van der Waals surface area contributed by atoms with Crippen LogP contribution in [-0.4, -0.2) is 36.7 Å². The number of benzene rings is 1. The molecule has 1 aromatic carbocycles. The van der Waals surface area contributed by atoms with Gasteiger partial charge in [-0.15, -0.1) is 0 Å². The van der Waals surface area contributed by atoms with E-state index in [4.69, 9.17) is 4.98 Å². The van der Waals surface area contributed by atoms with Gasteiger partial charge in [0.15, 0.2) is 0 Å². The summed E-state index contributed by atoms with van der Waals surface area (Å²) in [7, 11) is -3.45. The van der Waals surface area contributed by atoms with Crippen molar-refractivity contribution >= 4 is 27.6 Å². The lowest BCUT2D eigenvalue weighted by atomic mass is 9.68. The van der Waals surface area contributed by atoms with Gasteiger partial charge in [-0.25, -0.2) is 18.2 Å². The summed E-state index contributed by atoms with van der Waals surface area (Å²) < 4.78 is 25.8. The molecule has 8 nitrogen and oxygen atoms in total. The second kappa shape index (κ2) is 10.1. The molecule has 37 heavy (non-hydrogen) atoms. The summed E-state index contributed by atoms with van der Waals surface area (Å²) in [5, 5.41) is 6.04. The van der Waals surface area contributed by atoms with Crippen molar-refractivity contribution < 1.29 is 13.2 Å². The highest BCUT2D eigenvalue weighted by Crippen LogP contribution is 2.40. The maximum absolute atomic E-state index is 12.6. The van der Waals surface area contributed by atoms with Crippen LogP contribution in [0.3, 0.4) is 0 Å². The van der Waals surface area contributed by atoms with Crippen molar-refractivity contribution in [3.8, 4) is 22.4 Å². The molecule has 2 amide bonds. The second-order valence-corrected chi connectivity index (χ2v) is 12.8. The van der Waals surface area contributed by atoms with Gasteiger partial charge in [0, 0.05) is 29.2 Å². The zero-order chi connectivity index (χ0) is 27.0. The fraction of sp³-hybridized carbons (Fsp3) is 0.393. The Balaban J connectivity index is 1.65. The third-order valence-corrected chi connectivity index (χ3v) is 7.10. The Morgan fingerprint density at radius 2 is 1.78 bits per heavy atom. The van der Waals surface area contributed by atoms with Gasteiger partial charge in [0.25, 0.3) is 0 Å². The number of hydrogen-bond acceptors (Lipinski definition) is 5. The smallest absolute Gasteiger partial charge is 0.319 e. The number of nitrogens with one attached hydrogen (secondary N) is 3. The SMILES string of the molecule is Cc1ccc(NC(=O)NC2CC(C)(C)C2)cc1-c1cc(-c2ccnc(NS(C)(=O)=O)c2)nc(C(C)C)c1. The molecular weight excluding hydrogens is 486 g/mol. The molecule has 0 radical (unpaired) electrons. The Hall–Kier alpha value is -3.46. The number of nitrogens with zero attached hydrogens (tertiary/aromatic N) is 2. The Morgan fingerprint density at radius 1 is 1.05 bits per heavy atom. The number of urea groups is 1. The standard InChI is InChI=1S/C28H35N5O3S/c1-17(2)24-11-20(12-25(32-24)19-9-10-29-26(13-19)33-37(6,35)36)23-14-21(8-7-18(23)3)30-27(34)31-22-15-28(4,5)16-22/h7-14,17,22H,15-16H2,1-6H3,(H,29,33)(H2,30,31,34). The second-order valence-electron chi connectivity index (χ2n) is 11.0. The third kappa shape index (κ3) is 6.85. The highest BCUT2D eigenvalue weighted by Gasteiger charge is 2.36. The molecule has 196 valence electrons. The van der Waals surface area contributed by atoms with Crippen LogP contribution in [0.2, 0.25) is 0 Å². The molecule has 0 aliphatic heterocycles. The molecule has 1 fully saturated rings. The average molecular weight is 522 g/mol. The largest absolute Gasteiger partial charge is 0.335 e. The molecule has 0 atom stereocenters. The first kappa shape index (κ1) is 26.6. The lowest BCUT2D eigenvalue weighted by molar-refractivity contribution is 0.132. The van der Waals surface area contributed by atoms with Crippen LogP contribution in [0, 0.1) is 12.3 Å². The zero-order valence-electron chi connectivity index (χ0n) is 22.2. The monoisotopic (exact) mass is 521 g/mol. The first-order valence-corrected chi connectivity index (χ1v) is 14.3. The normalized spacial score (nSPS) is 15.2. The molecule has 1 aliphatic rings. The lowest BCUT2D eigenvalue weighted by Gasteiger charge is -2.42. The molecular formula is C28H35N5O3S. The van der Waals surface area contributed by atoms with E-state index >= 15 is 0 Å². The number of aromatic nitrogens is 2. The fourth-order valence-electron chi connectivity index (χ4n) is 4.73. The Morgan fingerprint density at radius 3 is 2.43 bits per heavy atom. The number of carbonyl (C=O) groups is 1. The minimum atomic E-state index is -3.45. The van der Waals surface area contributed by atoms with E-state index in [1.165, 1.54) is 0 Å². The quantitative estimate of drug-likeness (QED) is 0.357. The predicted molar refractivity (Wildman–Crippen MR) is 149 cm³/mol. The summed E-state index contributed by atoms with van der Waals surface area (Å²) in [6.45, 7) is 10.6. The van der Waals surface area contributed by atoms with Gasteiger partial charge in [0.1, 0.15) is 5.82 Å². The number of rotatable bonds is 7. The van der Waals surface area contributed by atoms with Gasteiger partial charge in [0.2, 0.25) is 10.0 Å². The molecule has 0 unspecified atom stereocenters. The van der Waals surface area contributed by atoms with Crippen LogP contribution >= 0.6 is 0 Å². The van der Waals surface area contributed by atoms with Crippen molar-refractivity contribution in [3.63, 3.8) is 0 Å². The van der Waals surface area contributed by atoms with Gasteiger partial charge in [-0.05, 0) is 84.2 Å². The average Bonchev–Trinajstić information content (AvgIpc) is 2.78. The number of carbonyl (C=O) groups excluding carboxylic acids is 1. The number of aryl methyl sites for hydroxylation is 1. The third-order valence-electron chi connectivity index (χ3n) is 6.52. The molecule has 2 aromatic heterocycles. The van der Waals surface area contributed by atoms with Crippen molar-refractivity contribution in [2.45, 2.75) is 59.4 Å². The number of amides is 2. The Kier molecular flexibility index (Phi) is 7.28. The van der Waals surface area contributed by atoms with Gasteiger partial charge in [-0.3, -0.25) is 9.71 Å². The van der Waals surface area contributed by atoms with E-state index in [0.29, 0.717) is 16.8 Å². The van der Waals surface area contributed by atoms with Gasteiger partial charge in [-0.2, -0.15) is 0 Å². The van der Waals surface area contributed by atoms with Crippen molar-refractivity contribution in [1.82, 2.24) is 15.3 Å². The molecule has 1 saturated carbocycles. The summed E-state index contributed by atoms with van der Waals surface area (Å²) in [5.74, 6) is 0.412. The maximum atomic E-state index is 12.6. The highest BCUT2D eigenvalue weighted by atomic mass is 32.2. The minimum Gasteiger partial charge on any atom is -0.335 e. The summed E-state index contributed by atoms with van der Waals surface area (Å²) in [6.07, 6.45) is 4.61.